The highest BCUT2D eigenvalue weighted by Crippen LogP contribution is 2.34. The van der Waals surface area contributed by atoms with Crippen molar-refractivity contribution in [3.05, 3.63) is 41.2 Å². The van der Waals surface area contributed by atoms with Gasteiger partial charge in [-0.2, -0.15) is 5.26 Å². The van der Waals surface area contributed by atoms with E-state index in [1.807, 2.05) is 43.0 Å². The van der Waals surface area contributed by atoms with Crippen molar-refractivity contribution in [2.24, 2.45) is 0 Å². The largest absolute Gasteiger partial charge is 0.489 e. The van der Waals surface area contributed by atoms with Gasteiger partial charge in [0, 0.05) is 33.0 Å². The van der Waals surface area contributed by atoms with Crippen molar-refractivity contribution >= 4 is 29.1 Å². The van der Waals surface area contributed by atoms with Crippen LogP contribution >= 0.6 is 11.6 Å². The summed E-state index contributed by atoms with van der Waals surface area (Å²) in [5.41, 5.74) is 1.03. The number of halogens is 1. The number of nitriles is 1. The maximum absolute atomic E-state index is 11.2. The lowest BCUT2D eigenvalue weighted by molar-refractivity contribution is -0.119. The minimum Gasteiger partial charge on any atom is -0.489 e. The average molecular weight is 457 g/mol. The second kappa shape index (κ2) is 11.0. The van der Waals surface area contributed by atoms with E-state index < -0.39 is 0 Å². The van der Waals surface area contributed by atoms with E-state index in [2.05, 4.69) is 26.3 Å². The molecule has 32 heavy (non-hydrogen) atoms. The molecule has 9 heteroatoms. The first-order valence-electron chi connectivity index (χ1n) is 10.8. The molecule has 2 heterocycles. The number of hydrogen-bond acceptors (Lipinski definition) is 7. The molecule has 1 aliphatic heterocycles. The zero-order valence-electron chi connectivity index (χ0n) is 18.7. The average Bonchev–Trinajstić information content (AvgIpc) is 3.23. The maximum Gasteiger partial charge on any atom is 0.217 e. The van der Waals surface area contributed by atoms with E-state index in [9.17, 15) is 4.79 Å². The predicted molar refractivity (Wildman–Crippen MR) is 125 cm³/mol. The summed E-state index contributed by atoms with van der Waals surface area (Å²) in [5, 5.41) is 12.3. The van der Waals surface area contributed by atoms with Gasteiger partial charge in [0.15, 0.2) is 11.6 Å². The Bertz CT molecular complexity index is 962. The first kappa shape index (κ1) is 23.6. The summed E-state index contributed by atoms with van der Waals surface area (Å²) in [7, 11) is 0. The van der Waals surface area contributed by atoms with E-state index >= 15 is 0 Å². The molecule has 8 nitrogen and oxygen atoms in total. The van der Waals surface area contributed by atoms with Gasteiger partial charge in [0.25, 0.3) is 0 Å². The number of amides is 1. The van der Waals surface area contributed by atoms with Crippen LogP contribution in [0.25, 0.3) is 0 Å². The van der Waals surface area contributed by atoms with E-state index in [1.165, 1.54) is 13.3 Å². The van der Waals surface area contributed by atoms with Crippen molar-refractivity contribution in [2.75, 3.05) is 36.0 Å². The minimum absolute atomic E-state index is 0.0176. The molecule has 1 aromatic heterocycles. The van der Waals surface area contributed by atoms with Gasteiger partial charge in [0.2, 0.25) is 5.91 Å². The van der Waals surface area contributed by atoms with Crippen LogP contribution in [-0.4, -0.2) is 48.2 Å². The van der Waals surface area contributed by atoms with Crippen molar-refractivity contribution in [1.29, 1.82) is 5.26 Å². The van der Waals surface area contributed by atoms with Crippen LogP contribution in [0.2, 0.25) is 5.02 Å². The molecule has 1 aliphatic rings. The summed E-state index contributed by atoms with van der Waals surface area (Å²) >= 11 is 6.67. The standard InChI is InChI=1S/C23H29ClN6O2/c1-4-29(12-5-11-25)22-21(24)23(27-15-26-22)30-13-10-20(14-30)32-19-8-6-18(7-9-19)16(2)28-17(3)31/h6-9,15-16,20H,4-5,10,12-14H2,1-3H3,(H,28,31)/t16-,20+/m0/s1. The number of aromatic nitrogens is 2. The number of hydrogen-bond donors (Lipinski definition) is 1. The molecule has 1 fully saturated rings. The van der Waals surface area contributed by atoms with Crippen LogP contribution in [0.1, 0.15) is 45.2 Å². The number of anilines is 2. The first-order valence-corrected chi connectivity index (χ1v) is 11.2. The fourth-order valence-corrected chi connectivity index (χ4v) is 4.16. The second-order valence-corrected chi connectivity index (χ2v) is 8.17. The van der Waals surface area contributed by atoms with E-state index in [0.717, 1.165) is 24.3 Å². The molecule has 0 aliphatic carbocycles. The van der Waals surface area contributed by atoms with E-state index in [0.29, 0.717) is 42.7 Å². The third-order valence-corrected chi connectivity index (χ3v) is 5.81. The molecule has 0 bridgehead atoms. The summed E-state index contributed by atoms with van der Waals surface area (Å²) in [6, 6.07) is 9.92. The molecule has 0 spiro atoms. The Morgan fingerprint density at radius 1 is 1.41 bits per heavy atom. The van der Waals surface area contributed by atoms with E-state index in [-0.39, 0.29) is 18.1 Å². The molecule has 170 valence electrons. The Morgan fingerprint density at radius 2 is 2.16 bits per heavy atom. The summed E-state index contributed by atoms with van der Waals surface area (Å²) < 4.78 is 6.17. The second-order valence-electron chi connectivity index (χ2n) is 7.79. The van der Waals surface area contributed by atoms with Crippen LogP contribution in [0.5, 0.6) is 5.75 Å². The Balaban J connectivity index is 1.64. The molecule has 2 atom stereocenters. The Hall–Kier alpha value is -3.05. The molecule has 1 aromatic carbocycles. The van der Waals surface area contributed by atoms with Crippen molar-refractivity contribution < 1.29 is 9.53 Å². The lowest BCUT2D eigenvalue weighted by Gasteiger charge is -2.25. The molecule has 1 saturated heterocycles. The Morgan fingerprint density at radius 3 is 2.81 bits per heavy atom. The van der Waals surface area contributed by atoms with Gasteiger partial charge in [0.1, 0.15) is 23.2 Å². The molecule has 3 rings (SSSR count). The van der Waals surface area contributed by atoms with Gasteiger partial charge in [-0.05, 0) is 31.5 Å². The Kier molecular flexibility index (Phi) is 8.12. The van der Waals surface area contributed by atoms with Gasteiger partial charge in [-0.3, -0.25) is 4.79 Å². The number of benzene rings is 1. The lowest BCUT2D eigenvalue weighted by Crippen LogP contribution is -2.28. The zero-order chi connectivity index (χ0) is 23.1. The third kappa shape index (κ3) is 5.80. The molecule has 1 N–H and O–H groups in total. The monoisotopic (exact) mass is 456 g/mol. The van der Waals surface area contributed by atoms with Crippen LogP contribution in [-0.2, 0) is 4.79 Å². The minimum atomic E-state index is -0.0532. The van der Waals surface area contributed by atoms with E-state index in [1.54, 1.807) is 0 Å². The predicted octanol–water partition coefficient (Wildman–Crippen LogP) is 3.72. The normalized spacial score (nSPS) is 16.3. The SMILES string of the molecule is CCN(CCC#N)c1ncnc(N2CC[C@@H](Oc3ccc([C@H](C)NC(C)=O)cc3)C2)c1Cl. The number of carbonyl (C=O) groups is 1. The summed E-state index contributed by atoms with van der Waals surface area (Å²) in [6.45, 7) is 8.21. The Labute approximate surface area is 194 Å². The summed E-state index contributed by atoms with van der Waals surface area (Å²) in [4.78, 5) is 24.1. The maximum atomic E-state index is 11.2. The van der Waals surface area contributed by atoms with Crippen LogP contribution in [0.15, 0.2) is 30.6 Å². The van der Waals surface area contributed by atoms with E-state index in [4.69, 9.17) is 21.6 Å². The van der Waals surface area contributed by atoms with Gasteiger partial charge in [0.05, 0.1) is 25.1 Å². The van der Waals surface area contributed by atoms with Gasteiger partial charge in [-0.1, -0.05) is 23.7 Å². The summed E-state index contributed by atoms with van der Waals surface area (Å²) in [5.74, 6) is 2.08. The highest BCUT2D eigenvalue weighted by atomic mass is 35.5. The van der Waals surface area contributed by atoms with Gasteiger partial charge in [-0.15, -0.1) is 0 Å². The van der Waals surface area contributed by atoms with Crippen LogP contribution < -0.4 is 19.9 Å². The van der Waals surface area contributed by atoms with Crippen molar-refractivity contribution in [3.8, 4) is 11.8 Å². The molecule has 0 unspecified atom stereocenters. The van der Waals surface area contributed by atoms with Crippen LogP contribution in [0.4, 0.5) is 11.6 Å². The third-order valence-electron chi connectivity index (χ3n) is 5.47. The number of nitrogens with zero attached hydrogens (tertiary/aromatic N) is 5. The first-order chi connectivity index (χ1) is 15.4. The summed E-state index contributed by atoms with van der Waals surface area (Å²) in [6.07, 6.45) is 2.80. The highest BCUT2D eigenvalue weighted by Gasteiger charge is 2.28. The highest BCUT2D eigenvalue weighted by molar-refractivity contribution is 6.35. The quantitative estimate of drug-likeness (QED) is 0.614. The topological polar surface area (TPSA) is 94.4 Å². The molecular formula is C23H29ClN6O2. The molecule has 1 amide bonds. The zero-order valence-corrected chi connectivity index (χ0v) is 19.5. The van der Waals surface area contributed by atoms with Gasteiger partial charge in [-0.25, -0.2) is 9.97 Å². The number of nitrogens with one attached hydrogen (secondary N) is 1. The fourth-order valence-electron chi connectivity index (χ4n) is 3.82. The fraction of sp³-hybridized carbons (Fsp3) is 0.478. The number of carbonyl (C=O) groups excluding carboxylic acids is 1. The number of ether oxygens (including phenoxy) is 1. The lowest BCUT2D eigenvalue weighted by atomic mass is 10.1. The van der Waals surface area contributed by atoms with Crippen LogP contribution in [0, 0.1) is 11.3 Å². The van der Waals surface area contributed by atoms with Crippen molar-refractivity contribution in [1.82, 2.24) is 15.3 Å². The molecular weight excluding hydrogens is 428 g/mol. The number of rotatable bonds is 9. The van der Waals surface area contributed by atoms with Crippen LogP contribution in [0.3, 0.4) is 0 Å². The van der Waals surface area contributed by atoms with Crippen molar-refractivity contribution in [2.45, 2.75) is 45.8 Å². The molecule has 0 saturated carbocycles. The smallest absolute Gasteiger partial charge is 0.217 e. The molecule has 2 aromatic rings. The van der Waals surface area contributed by atoms with Gasteiger partial charge >= 0.3 is 0 Å². The molecule has 0 radical (unpaired) electrons. The van der Waals surface area contributed by atoms with Crippen molar-refractivity contribution in [3.63, 3.8) is 0 Å². The van der Waals surface area contributed by atoms with Gasteiger partial charge < -0.3 is 19.9 Å².